The molecule has 3 nitrogen and oxygen atoms in total. The molecule has 3 heteroatoms. The van der Waals surface area contributed by atoms with E-state index >= 15 is 0 Å². The van der Waals surface area contributed by atoms with Gasteiger partial charge in [0.1, 0.15) is 0 Å². The number of nitrogens with one attached hydrogen (secondary N) is 2. The van der Waals surface area contributed by atoms with E-state index in [0.29, 0.717) is 5.39 Å². The molecule has 3 aromatic rings. The minimum Gasteiger partial charge on any atom is -0.358 e. The number of aromatic amines is 1. The zero-order valence-electron chi connectivity index (χ0n) is 10.6. The highest BCUT2D eigenvalue weighted by Crippen LogP contribution is 2.19. The van der Waals surface area contributed by atoms with Gasteiger partial charge in [-0.1, -0.05) is 18.2 Å². The van der Waals surface area contributed by atoms with Gasteiger partial charge in [-0.25, -0.2) is 0 Å². The molecule has 0 fully saturated rings. The number of H-pyrrole nitrogens is 1. The van der Waals surface area contributed by atoms with E-state index in [-0.39, 0.29) is 5.43 Å². The van der Waals surface area contributed by atoms with E-state index in [4.69, 9.17) is 0 Å². The van der Waals surface area contributed by atoms with Gasteiger partial charge in [0.05, 0.1) is 0 Å². The first-order valence-electron chi connectivity index (χ1n) is 6.18. The summed E-state index contributed by atoms with van der Waals surface area (Å²) in [6, 6.07) is 17.3. The van der Waals surface area contributed by atoms with Crippen LogP contribution in [0, 0.1) is 6.92 Å². The van der Waals surface area contributed by atoms with Gasteiger partial charge in [-0.15, -0.1) is 0 Å². The summed E-state index contributed by atoms with van der Waals surface area (Å²) >= 11 is 0. The van der Waals surface area contributed by atoms with Crippen LogP contribution in [0.2, 0.25) is 0 Å². The molecule has 0 unspecified atom stereocenters. The summed E-state index contributed by atoms with van der Waals surface area (Å²) in [4.78, 5) is 15.2. The number of aromatic nitrogens is 1. The number of hydrogen-bond donors (Lipinski definition) is 2. The Balaban J connectivity index is 2.05. The van der Waals surface area contributed by atoms with Crippen molar-refractivity contribution in [2.45, 2.75) is 6.92 Å². The van der Waals surface area contributed by atoms with Crippen LogP contribution in [0.15, 0.2) is 59.4 Å². The average Bonchev–Trinajstić information content (AvgIpc) is 2.40. The van der Waals surface area contributed by atoms with Crippen LogP contribution in [0.1, 0.15) is 5.69 Å². The minimum absolute atomic E-state index is 0.0444. The van der Waals surface area contributed by atoms with Gasteiger partial charge in [-0.3, -0.25) is 4.79 Å². The summed E-state index contributed by atoms with van der Waals surface area (Å²) in [6.07, 6.45) is 0. The molecule has 0 bridgehead atoms. The molecule has 0 spiro atoms. The van der Waals surface area contributed by atoms with E-state index in [9.17, 15) is 4.79 Å². The largest absolute Gasteiger partial charge is 0.358 e. The zero-order chi connectivity index (χ0) is 13.2. The van der Waals surface area contributed by atoms with Crippen LogP contribution in [-0.4, -0.2) is 4.98 Å². The van der Waals surface area contributed by atoms with E-state index in [2.05, 4.69) is 10.3 Å². The van der Waals surface area contributed by atoms with Gasteiger partial charge in [0.25, 0.3) is 0 Å². The van der Waals surface area contributed by atoms with Crippen molar-refractivity contribution in [3.8, 4) is 0 Å². The lowest BCUT2D eigenvalue weighted by molar-refractivity contribution is 1.24. The van der Waals surface area contributed by atoms with Crippen molar-refractivity contribution in [1.29, 1.82) is 0 Å². The second-order valence-corrected chi connectivity index (χ2v) is 4.57. The average molecular weight is 250 g/mol. The maximum absolute atomic E-state index is 12.0. The molecule has 3 rings (SSSR count). The second-order valence-electron chi connectivity index (χ2n) is 4.57. The van der Waals surface area contributed by atoms with Crippen molar-refractivity contribution in [2.24, 2.45) is 0 Å². The lowest BCUT2D eigenvalue weighted by atomic mass is 10.1. The third-order valence-corrected chi connectivity index (χ3v) is 3.03. The van der Waals surface area contributed by atoms with Crippen LogP contribution in [0.5, 0.6) is 0 Å². The number of benzene rings is 2. The Morgan fingerprint density at radius 3 is 2.53 bits per heavy atom. The van der Waals surface area contributed by atoms with Crippen molar-refractivity contribution >= 4 is 22.3 Å². The van der Waals surface area contributed by atoms with Gasteiger partial charge in [0.2, 0.25) is 0 Å². The van der Waals surface area contributed by atoms with Crippen molar-refractivity contribution in [2.75, 3.05) is 5.32 Å². The monoisotopic (exact) mass is 250 g/mol. The highest BCUT2D eigenvalue weighted by atomic mass is 16.1. The number of pyridine rings is 1. The van der Waals surface area contributed by atoms with Crippen LogP contribution in [-0.2, 0) is 0 Å². The van der Waals surface area contributed by atoms with Gasteiger partial charge in [-0.05, 0) is 37.3 Å². The molecule has 0 atom stereocenters. The Bertz CT molecular complexity index is 776. The molecule has 0 amide bonds. The maximum Gasteiger partial charge on any atom is 0.189 e. The van der Waals surface area contributed by atoms with E-state index in [0.717, 1.165) is 22.6 Å². The molecule has 1 aromatic heterocycles. The zero-order valence-corrected chi connectivity index (χ0v) is 10.6. The van der Waals surface area contributed by atoms with Crippen molar-refractivity contribution < 1.29 is 0 Å². The number of anilines is 2. The van der Waals surface area contributed by atoms with E-state index in [1.165, 1.54) is 0 Å². The second kappa shape index (κ2) is 4.61. The minimum atomic E-state index is 0.0444. The standard InChI is InChI=1S/C16H14N2O/c1-11-9-16(19)14-10-13(7-8-15(14)17-11)18-12-5-3-2-4-6-12/h2-10,18H,1H3,(H,17,19). The summed E-state index contributed by atoms with van der Waals surface area (Å²) in [5, 5.41) is 3.99. The van der Waals surface area contributed by atoms with E-state index in [1.807, 2.05) is 55.5 Å². The predicted molar refractivity (Wildman–Crippen MR) is 79.0 cm³/mol. The first-order chi connectivity index (χ1) is 9.22. The fourth-order valence-corrected chi connectivity index (χ4v) is 2.15. The highest BCUT2D eigenvalue weighted by molar-refractivity contribution is 5.83. The van der Waals surface area contributed by atoms with Gasteiger partial charge in [-0.2, -0.15) is 0 Å². The van der Waals surface area contributed by atoms with E-state index < -0.39 is 0 Å². The number of aryl methyl sites for hydroxylation is 1. The number of hydrogen-bond acceptors (Lipinski definition) is 2. The molecule has 19 heavy (non-hydrogen) atoms. The Morgan fingerprint density at radius 1 is 0.947 bits per heavy atom. The third kappa shape index (κ3) is 2.36. The first kappa shape index (κ1) is 11.5. The number of para-hydroxylation sites is 1. The molecule has 2 aromatic carbocycles. The van der Waals surface area contributed by atoms with Crippen LogP contribution >= 0.6 is 0 Å². The molecule has 0 radical (unpaired) electrons. The quantitative estimate of drug-likeness (QED) is 0.730. The highest BCUT2D eigenvalue weighted by Gasteiger charge is 2.02. The lowest BCUT2D eigenvalue weighted by Gasteiger charge is -2.07. The Kier molecular flexibility index (Phi) is 2.80. The summed E-state index contributed by atoms with van der Waals surface area (Å²) in [5.74, 6) is 0. The van der Waals surface area contributed by atoms with Crippen LogP contribution in [0.25, 0.3) is 10.9 Å². The molecule has 1 heterocycles. The molecule has 0 aliphatic heterocycles. The number of rotatable bonds is 2. The predicted octanol–water partition coefficient (Wildman–Crippen LogP) is 3.58. The smallest absolute Gasteiger partial charge is 0.189 e. The molecule has 2 N–H and O–H groups in total. The number of fused-ring (bicyclic) bond motifs is 1. The van der Waals surface area contributed by atoms with Crippen molar-refractivity contribution in [3.63, 3.8) is 0 Å². The summed E-state index contributed by atoms with van der Waals surface area (Å²) in [5.41, 5.74) is 3.70. The molecular weight excluding hydrogens is 236 g/mol. The Hall–Kier alpha value is -2.55. The third-order valence-electron chi connectivity index (χ3n) is 3.03. The lowest BCUT2D eigenvalue weighted by Crippen LogP contribution is -2.03. The Labute approximate surface area is 110 Å². The molecule has 0 aliphatic rings. The van der Waals surface area contributed by atoms with Gasteiger partial charge < -0.3 is 10.3 Å². The molecule has 0 aliphatic carbocycles. The SMILES string of the molecule is Cc1cc(=O)c2cc(Nc3ccccc3)ccc2[nH]1. The van der Waals surface area contributed by atoms with Gasteiger partial charge in [0, 0.05) is 34.0 Å². The van der Waals surface area contributed by atoms with Crippen LogP contribution in [0.4, 0.5) is 11.4 Å². The first-order valence-corrected chi connectivity index (χ1v) is 6.18. The van der Waals surface area contributed by atoms with Crippen LogP contribution < -0.4 is 10.7 Å². The summed E-state index contributed by atoms with van der Waals surface area (Å²) in [7, 11) is 0. The topological polar surface area (TPSA) is 44.9 Å². The molecule has 0 saturated heterocycles. The maximum atomic E-state index is 12.0. The normalized spacial score (nSPS) is 10.6. The van der Waals surface area contributed by atoms with E-state index in [1.54, 1.807) is 6.07 Å². The molecular formula is C16H14N2O. The molecule has 0 saturated carbocycles. The van der Waals surface area contributed by atoms with Crippen molar-refractivity contribution in [3.05, 3.63) is 70.5 Å². The van der Waals surface area contributed by atoms with Crippen LogP contribution in [0.3, 0.4) is 0 Å². The summed E-state index contributed by atoms with van der Waals surface area (Å²) in [6.45, 7) is 1.89. The fraction of sp³-hybridized carbons (Fsp3) is 0.0625. The fourth-order valence-electron chi connectivity index (χ4n) is 2.15. The Morgan fingerprint density at radius 2 is 1.74 bits per heavy atom. The molecule has 94 valence electrons. The van der Waals surface area contributed by atoms with Gasteiger partial charge >= 0.3 is 0 Å². The van der Waals surface area contributed by atoms with Gasteiger partial charge in [0.15, 0.2) is 5.43 Å². The summed E-state index contributed by atoms with van der Waals surface area (Å²) < 4.78 is 0. The van der Waals surface area contributed by atoms with Crippen molar-refractivity contribution in [1.82, 2.24) is 4.98 Å².